The first-order valence-corrected chi connectivity index (χ1v) is 9.37. The number of amides is 1. The second-order valence-corrected chi connectivity index (χ2v) is 6.89. The lowest BCUT2D eigenvalue weighted by atomic mass is 9.92. The van der Waals surface area contributed by atoms with Gasteiger partial charge in [0.25, 0.3) is 5.91 Å². The lowest BCUT2D eigenvalue weighted by Crippen LogP contribution is -2.32. The third-order valence-corrected chi connectivity index (χ3v) is 5.15. The van der Waals surface area contributed by atoms with E-state index in [2.05, 4.69) is 39.2 Å². The maximum atomic E-state index is 12.9. The van der Waals surface area contributed by atoms with Gasteiger partial charge >= 0.3 is 0 Å². The van der Waals surface area contributed by atoms with Crippen molar-refractivity contribution in [1.82, 2.24) is 19.9 Å². The second kappa shape index (κ2) is 8.08. The predicted molar refractivity (Wildman–Crippen MR) is 104 cm³/mol. The lowest BCUT2D eigenvalue weighted by molar-refractivity contribution is 0.0760. The van der Waals surface area contributed by atoms with Crippen LogP contribution in [-0.4, -0.2) is 38.8 Å². The molecule has 136 valence electrons. The van der Waals surface area contributed by atoms with Crippen molar-refractivity contribution in [2.24, 2.45) is 0 Å². The van der Waals surface area contributed by atoms with Gasteiger partial charge in [-0.3, -0.25) is 9.78 Å². The SMILES string of the molecule is O=C(c1ccc(-c2cncnc2)nc1)N1CCCC(c2ccccc2)CC1. The molecule has 0 saturated carbocycles. The standard InChI is InChI=1S/C22H22N4O/c27-22(19-8-9-21(25-15-19)20-13-23-16-24-14-20)26-11-4-7-18(10-12-26)17-5-2-1-3-6-17/h1-3,5-6,8-9,13-16,18H,4,7,10-12H2. The summed E-state index contributed by atoms with van der Waals surface area (Å²) in [7, 11) is 0. The van der Waals surface area contributed by atoms with Gasteiger partial charge in [0, 0.05) is 37.2 Å². The summed E-state index contributed by atoms with van der Waals surface area (Å²) >= 11 is 0. The zero-order chi connectivity index (χ0) is 18.5. The molecule has 1 unspecified atom stereocenters. The third kappa shape index (κ3) is 4.03. The molecular weight excluding hydrogens is 336 g/mol. The van der Waals surface area contributed by atoms with E-state index >= 15 is 0 Å². The topological polar surface area (TPSA) is 59.0 Å². The Hall–Kier alpha value is -3.08. The second-order valence-electron chi connectivity index (χ2n) is 6.89. The van der Waals surface area contributed by atoms with E-state index in [-0.39, 0.29) is 5.91 Å². The molecule has 5 nitrogen and oxygen atoms in total. The average Bonchev–Trinajstić information content (AvgIpc) is 3.01. The van der Waals surface area contributed by atoms with E-state index in [0.29, 0.717) is 11.5 Å². The first-order valence-electron chi connectivity index (χ1n) is 9.37. The van der Waals surface area contributed by atoms with Crippen molar-refractivity contribution in [2.45, 2.75) is 25.2 Å². The lowest BCUT2D eigenvalue weighted by Gasteiger charge is -2.21. The van der Waals surface area contributed by atoms with Crippen molar-refractivity contribution in [3.63, 3.8) is 0 Å². The molecule has 0 radical (unpaired) electrons. The van der Waals surface area contributed by atoms with Crippen LogP contribution in [0.3, 0.4) is 0 Å². The Morgan fingerprint density at radius 3 is 2.48 bits per heavy atom. The van der Waals surface area contributed by atoms with E-state index in [0.717, 1.165) is 43.6 Å². The normalized spacial score (nSPS) is 17.3. The summed E-state index contributed by atoms with van der Waals surface area (Å²) in [5.74, 6) is 0.592. The minimum Gasteiger partial charge on any atom is -0.339 e. The Labute approximate surface area is 159 Å². The van der Waals surface area contributed by atoms with E-state index in [1.54, 1.807) is 18.6 Å². The fourth-order valence-electron chi connectivity index (χ4n) is 3.66. The number of carbonyl (C=O) groups excluding carboxylic acids is 1. The number of pyridine rings is 1. The molecule has 1 aliphatic heterocycles. The van der Waals surface area contributed by atoms with Crippen LogP contribution < -0.4 is 0 Å². The van der Waals surface area contributed by atoms with Gasteiger partial charge in [-0.25, -0.2) is 9.97 Å². The van der Waals surface area contributed by atoms with Crippen LogP contribution in [0.1, 0.15) is 41.1 Å². The molecule has 0 spiro atoms. The molecule has 1 atom stereocenters. The Morgan fingerprint density at radius 2 is 1.74 bits per heavy atom. The van der Waals surface area contributed by atoms with Gasteiger partial charge in [0.05, 0.1) is 11.3 Å². The van der Waals surface area contributed by atoms with Crippen LogP contribution in [0.4, 0.5) is 0 Å². The van der Waals surface area contributed by atoms with Gasteiger partial charge in [0.1, 0.15) is 6.33 Å². The van der Waals surface area contributed by atoms with Gasteiger partial charge in [-0.1, -0.05) is 30.3 Å². The van der Waals surface area contributed by atoms with Gasteiger partial charge in [0.2, 0.25) is 0 Å². The minimum absolute atomic E-state index is 0.0621. The van der Waals surface area contributed by atoms with E-state index in [1.807, 2.05) is 23.1 Å². The van der Waals surface area contributed by atoms with Gasteiger partial charge in [0.15, 0.2) is 0 Å². The van der Waals surface area contributed by atoms with Crippen LogP contribution in [0.2, 0.25) is 0 Å². The molecule has 3 heterocycles. The number of nitrogens with zero attached hydrogens (tertiary/aromatic N) is 4. The minimum atomic E-state index is 0.0621. The molecule has 1 fully saturated rings. The smallest absolute Gasteiger partial charge is 0.255 e. The molecule has 3 aromatic rings. The van der Waals surface area contributed by atoms with Crippen LogP contribution >= 0.6 is 0 Å². The largest absolute Gasteiger partial charge is 0.339 e. The van der Waals surface area contributed by atoms with E-state index in [1.165, 1.54) is 11.9 Å². The van der Waals surface area contributed by atoms with Gasteiger partial charge in [-0.15, -0.1) is 0 Å². The zero-order valence-electron chi connectivity index (χ0n) is 15.2. The predicted octanol–water partition coefficient (Wildman–Crippen LogP) is 3.95. The van der Waals surface area contributed by atoms with E-state index in [9.17, 15) is 4.79 Å². The van der Waals surface area contributed by atoms with Crippen molar-refractivity contribution < 1.29 is 4.79 Å². The molecule has 0 aliphatic carbocycles. The first-order chi connectivity index (χ1) is 13.3. The van der Waals surface area contributed by atoms with Crippen LogP contribution in [0.15, 0.2) is 67.4 Å². The summed E-state index contributed by atoms with van der Waals surface area (Å²) < 4.78 is 0. The zero-order valence-corrected chi connectivity index (χ0v) is 15.2. The maximum Gasteiger partial charge on any atom is 0.255 e. The highest BCUT2D eigenvalue weighted by atomic mass is 16.2. The van der Waals surface area contributed by atoms with Crippen LogP contribution in [0.5, 0.6) is 0 Å². The van der Waals surface area contributed by atoms with Crippen molar-refractivity contribution in [3.8, 4) is 11.3 Å². The summed E-state index contributed by atoms with van der Waals surface area (Å²) in [6.07, 6.45) is 9.73. The number of carbonyl (C=O) groups is 1. The van der Waals surface area contributed by atoms with Gasteiger partial charge in [-0.2, -0.15) is 0 Å². The van der Waals surface area contributed by atoms with Crippen molar-refractivity contribution >= 4 is 5.91 Å². The molecule has 1 aliphatic rings. The van der Waals surface area contributed by atoms with Crippen molar-refractivity contribution in [3.05, 3.63) is 78.5 Å². The quantitative estimate of drug-likeness (QED) is 0.711. The Bertz CT molecular complexity index is 881. The summed E-state index contributed by atoms with van der Waals surface area (Å²) in [5, 5.41) is 0. The Morgan fingerprint density at radius 1 is 0.926 bits per heavy atom. The first kappa shape index (κ1) is 17.3. The summed E-state index contributed by atoms with van der Waals surface area (Å²) in [6.45, 7) is 1.59. The average molecular weight is 358 g/mol. The molecule has 5 heteroatoms. The maximum absolute atomic E-state index is 12.9. The highest BCUT2D eigenvalue weighted by Crippen LogP contribution is 2.28. The molecular formula is C22H22N4O. The molecule has 4 rings (SSSR count). The number of hydrogen-bond donors (Lipinski definition) is 0. The highest BCUT2D eigenvalue weighted by molar-refractivity contribution is 5.94. The number of hydrogen-bond acceptors (Lipinski definition) is 4. The number of benzene rings is 1. The van der Waals surface area contributed by atoms with Crippen LogP contribution in [-0.2, 0) is 0 Å². The number of likely N-dealkylation sites (tertiary alicyclic amines) is 1. The number of aromatic nitrogens is 3. The summed E-state index contributed by atoms with van der Waals surface area (Å²) in [6, 6.07) is 14.3. The summed E-state index contributed by atoms with van der Waals surface area (Å²) in [5.41, 5.74) is 3.63. The highest BCUT2D eigenvalue weighted by Gasteiger charge is 2.22. The van der Waals surface area contributed by atoms with Gasteiger partial charge in [-0.05, 0) is 42.9 Å². The van der Waals surface area contributed by atoms with E-state index in [4.69, 9.17) is 0 Å². The van der Waals surface area contributed by atoms with E-state index < -0.39 is 0 Å². The molecule has 1 amide bonds. The van der Waals surface area contributed by atoms with Gasteiger partial charge < -0.3 is 4.90 Å². The molecule has 1 saturated heterocycles. The van der Waals surface area contributed by atoms with Crippen LogP contribution in [0, 0.1) is 0 Å². The Kier molecular flexibility index (Phi) is 5.19. The number of rotatable bonds is 3. The fraction of sp³-hybridized carbons (Fsp3) is 0.273. The van der Waals surface area contributed by atoms with Crippen LogP contribution in [0.25, 0.3) is 11.3 Å². The van der Waals surface area contributed by atoms with Crippen molar-refractivity contribution in [2.75, 3.05) is 13.1 Å². The molecule has 0 bridgehead atoms. The monoisotopic (exact) mass is 358 g/mol. The molecule has 0 N–H and O–H groups in total. The third-order valence-electron chi connectivity index (χ3n) is 5.15. The molecule has 2 aromatic heterocycles. The van der Waals surface area contributed by atoms with Crippen molar-refractivity contribution in [1.29, 1.82) is 0 Å². The Balaban J connectivity index is 1.43. The summed E-state index contributed by atoms with van der Waals surface area (Å²) in [4.78, 5) is 27.3. The fourth-order valence-corrected chi connectivity index (χ4v) is 3.66. The molecule has 27 heavy (non-hydrogen) atoms. The molecule has 1 aromatic carbocycles.